The Morgan fingerprint density at radius 1 is 1.25 bits per heavy atom. The Labute approximate surface area is 125 Å². The molecule has 0 radical (unpaired) electrons. The minimum Gasteiger partial charge on any atom is -0.398 e. The third kappa shape index (κ3) is 2.48. The van der Waals surface area contributed by atoms with Crippen molar-refractivity contribution in [2.24, 2.45) is 0 Å². The summed E-state index contributed by atoms with van der Waals surface area (Å²) in [5.74, 6) is 0. The van der Waals surface area contributed by atoms with Gasteiger partial charge in [-0.15, -0.1) is 0 Å². The lowest BCUT2D eigenvalue weighted by atomic mass is 9.99. The number of halogens is 1. The van der Waals surface area contributed by atoms with Crippen LogP contribution in [0.25, 0.3) is 0 Å². The van der Waals surface area contributed by atoms with Gasteiger partial charge in [-0.25, -0.2) is 0 Å². The molecule has 1 aliphatic heterocycles. The Hall–Kier alpha value is -1.67. The number of benzene rings is 2. The monoisotopic (exact) mass is 286 g/mol. The second-order valence-electron chi connectivity index (χ2n) is 5.46. The van der Waals surface area contributed by atoms with Gasteiger partial charge in [0, 0.05) is 29.5 Å². The normalized spacial score (nSPS) is 14.2. The van der Waals surface area contributed by atoms with Gasteiger partial charge in [-0.2, -0.15) is 0 Å². The summed E-state index contributed by atoms with van der Waals surface area (Å²) in [5.41, 5.74) is 11.9. The molecule has 0 spiro atoms. The summed E-state index contributed by atoms with van der Waals surface area (Å²) in [6.07, 6.45) is 2.21. The first-order valence-electron chi connectivity index (χ1n) is 7.02. The summed E-state index contributed by atoms with van der Waals surface area (Å²) in [7, 11) is 0. The minimum absolute atomic E-state index is 0.843. The van der Waals surface area contributed by atoms with Crippen LogP contribution < -0.4 is 10.6 Å². The molecule has 1 aliphatic rings. The Balaban J connectivity index is 1.91. The number of fused-ring (bicyclic) bond motifs is 1. The SMILES string of the molecule is Cc1ccc(CN2CCCc3c(N)cccc32)c(Cl)c1. The van der Waals surface area contributed by atoms with Crippen molar-refractivity contribution < 1.29 is 0 Å². The zero-order chi connectivity index (χ0) is 14.1. The number of nitrogen functional groups attached to an aromatic ring is 1. The number of anilines is 2. The van der Waals surface area contributed by atoms with Crippen LogP contribution in [-0.4, -0.2) is 6.54 Å². The molecule has 0 amide bonds. The van der Waals surface area contributed by atoms with Crippen LogP contribution in [0.4, 0.5) is 11.4 Å². The second-order valence-corrected chi connectivity index (χ2v) is 5.87. The van der Waals surface area contributed by atoms with Crippen LogP contribution in [0.15, 0.2) is 36.4 Å². The largest absolute Gasteiger partial charge is 0.398 e. The predicted molar refractivity (Wildman–Crippen MR) is 86.4 cm³/mol. The van der Waals surface area contributed by atoms with E-state index < -0.39 is 0 Å². The van der Waals surface area contributed by atoms with E-state index in [1.807, 2.05) is 18.2 Å². The Kier molecular flexibility index (Phi) is 3.58. The van der Waals surface area contributed by atoms with E-state index in [0.717, 1.165) is 36.6 Å². The summed E-state index contributed by atoms with van der Waals surface area (Å²) in [4.78, 5) is 2.38. The molecule has 2 aromatic rings. The van der Waals surface area contributed by atoms with E-state index in [-0.39, 0.29) is 0 Å². The van der Waals surface area contributed by atoms with Gasteiger partial charge in [-0.3, -0.25) is 0 Å². The van der Waals surface area contributed by atoms with Crippen LogP contribution in [-0.2, 0) is 13.0 Å². The number of hydrogen-bond donors (Lipinski definition) is 1. The molecule has 2 nitrogen and oxygen atoms in total. The third-order valence-electron chi connectivity index (χ3n) is 3.95. The highest BCUT2D eigenvalue weighted by molar-refractivity contribution is 6.31. The summed E-state index contributed by atoms with van der Waals surface area (Å²) in [6, 6.07) is 12.4. The van der Waals surface area contributed by atoms with E-state index in [1.54, 1.807) is 0 Å². The van der Waals surface area contributed by atoms with Crippen LogP contribution >= 0.6 is 11.6 Å². The summed E-state index contributed by atoms with van der Waals surface area (Å²) >= 11 is 6.36. The van der Waals surface area contributed by atoms with Crippen LogP contribution in [0, 0.1) is 6.92 Å². The fourth-order valence-electron chi connectivity index (χ4n) is 2.88. The lowest BCUT2D eigenvalue weighted by Gasteiger charge is -2.32. The average Bonchev–Trinajstić information content (AvgIpc) is 2.43. The molecule has 3 heteroatoms. The van der Waals surface area contributed by atoms with Crippen molar-refractivity contribution in [3.05, 3.63) is 58.1 Å². The van der Waals surface area contributed by atoms with Gasteiger partial charge >= 0.3 is 0 Å². The second kappa shape index (κ2) is 5.37. The molecular formula is C17H19ClN2. The molecule has 0 aromatic heterocycles. The molecule has 1 heterocycles. The summed E-state index contributed by atoms with van der Waals surface area (Å²) in [6.45, 7) is 3.96. The average molecular weight is 287 g/mol. The van der Waals surface area contributed by atoms with Gasteiger partial charge in [0.2, 0.25) is 0 Å². The molecule has 0 saturated heterocycles. The van der Waals surface area contributed by atoms with Crippen molar-refractivity contribution in [1.82, 2.24) is 0 Å². The highest BCUT2D eigenvalue weighted by Crippen LogP contribution is 2.33. The van der Waals surface area contributed by atoms with E-state index in [4.69, 9.17) is 17.3 Å². The molecule has 104 valence electrons. The van der Waals surface area contributed by atoms with Crippen LogP contribution in [0.1, 0.15) is 23.1 Å². The van der Waals surface area contributed by atoms with Gasteiger partial charge in [-0.05, 0) is 54.7 Å². The van der Waals surface area contributed by atoms with Gasteiger partial charge in [0.1, 0.15) is 0 Å². The molecule has 2 aromatic carbocycles. The van der Waals surface area contributed by atoms with Crippen molar-refractivity contribution >= 4 is 23.0 Å². The Morgan fingerprint density at radius 2 is 2.10 bits per heavy atom. The Morgan fingerprint density at radius 3 is 2.90 bits per heavy atom. The number of hydrogen-bond acceptors (Lipinski definition) is 2. The van der Waals surface area contributed by atoms with Crippen LogP contribution in [0.2, 0.25) is 5.02 Å². The summed E-state index contributed by atoms with van der Waals surface area (Å²) < 4.78 is 0. The molecule has 20 heavy (non-hydrogen) atoms. The van der Waals surface area contributed by atoms with E-state index in [0.29, 0.717) is 0 Å². The van der Waals surface area contributed by atoms with E-state index >= 15 is 0 Å². The maximum atomic E-state index is 6.36. The Bertz CT molecular complexity index is 637. The van der Waals surface area contributed by atoms with Gasteiger partial charge in [0.05, 0.1) is 0 Å². The topological polar surface area (TPSA) is 29.3 Å². The van der Waals surface area contributed by atoms with Crippen LogP contribution in [0.5, 0.6) is 0 Å². The van der Waals surface area contributed by atoms with Gasteiger partial charge in [-0.1, -0.05) is 29.8 Å². The van der Waals surface area contributed by atoms with Crippen molar-refractivity contribution in [3.63, 3.8) is 0 Å². The predicted octanol–water partition coefficient (Wildman–Crippen LogP) is 4.18. The first-order chi connectivity index (χ1) is 9.65. The fraction of sp³-hybridized carbons (Fsp3) is 0.294. The maximum Gasteiger partial charge on any atom is 0.0458 e. The van der Waals surface area contributed by atoms with Crippen LogP contribution in [0.3, 0.4) is 0 Å². The third-order valence-corrected chi connectivity index (χ3v) is 4.30. The number of nitrogens with zero attached hydrogens (tertiary/aromatic N) is 1. The fourth-order valence-corrected chi connectivity index (χ4v) is 3.17. The van der Waals surface area contributed by atoms with E-state index in [1.165, 1.54) is 22.4 Å². The van der Waals surface area contributed by atoms with E-state index in [9.17, 15) is 0 Å². The molecule has 0 saturated carbocycles. The molecule has 2 N–H and O–H groups in total. The van der Waals surface area contributed by atoms with E-state index in [2.05, 4.69) is 30.0 Å². The molecular weight excluding hydrogens is 268 g/mol. The van der Waals surface area contributed by atoms with Crippen molar-refractivity contribution in [2.75, 3.05) is 17.2 Å². The number of rotatable bonds is 2. The number of nitrogens with two attached hydrogens (primary N) is 1. The van der Waals surface area contributed by atoms with Gasteiger partial charge in [0.25, 0.3) is 0 Å². The minimum atomic E-state index is 0.843. The number of aryl methyl sites for hydroxylation is 1. The zero-order valence-electron chi connectivity index (χ0n) is 11.7. The smallest absolute Gasteiger partial charge is 0.0458 e. The highest BCUT2D eigenvalue weighted by Gasteiger charge is 2.19. The highest BCUT2D eigenvalue weighted by atomic mass is 35.5. The van der Waals surface area contributed by atoms with Gasteiger partial charge < -0.3 is 10.6 Å². The zero-order valence-corrected chi connectivity index (χ0v) is 12.5. The molecule has 0 bridgehead atoms. The molecule has 0 atom stereocenters. The van der Waals surface area contributed by atoms with Crippen molar-refractivity contribution in [3.8, 4) is 0 Å². The van der Waals surface area contributed by atoms with Crippen molar-refractivity contribution in [2.45, 2.75) is 26.3 Å². The first-order valence-corrected chi connectivity index (χ1v) is 7.40. The quantitative estimate of drug-likeness (QED) is 0.839. The molecule has 0 aliphatic carbocycles. The summed E-state index contributed by atoms with van der Waals surface area (Å²) in [5, 5.41) is 0.848. The molecule has 3 rings (SSSR count). The lowest BCUT2D eigenvalue weighted by Crippen LogP contribution is -2.29. The molecule has 0 unspecified atom stereocenters. The lowest BCUT2D eigenvalue weighted by molar-refractivity contribution is 0.692. The first kappa shape index (κ1) is 13.3. The molecule has 0 fully saturated rings. The van der Waals surface area contributed by atoms with Crippen molar-refractivity contribution in [1.29, 1.82) is 0 Å². The van der Waals surface area contributed by atoms with Gasteiger partial charge in [0.15, 0.2) is 0 Å². The maximum absolute atomic E-state index is 6.36. The standard InChI is InChI=1S/C17H19ClN2/c1-12-7-8-13(15(18)10-12)11-20-9-3-4-14-16(19)5-2-6-17(14)20/h2,5-8,10H,3-4,9,11,19H2,1H3.